The number of hydrogen-bond acceptors (Lipinski definition) is 3. The molecule has 5 heteroatoms. The molecule has 3 N–H and O–H groups in total. The summed E-state index contributed by atoms with van der Waals surface area (Å²) < 4.78 is 5.34. The van der Waals surface area contributed by atoms with Gasteiger partial charge in [-0.1, -0.05) is 72.8 Å². The molecule has 2 amide bonds. The maximum Gasteiger partial charge on any atom is 0.254 e. The molecule has 0 bridgehead atoms. The normalized spacial score (nSPS) is 13.1. The first-order valence-corrected chi connectivity index (χ1v) is 8.74. The number of methoxy groups -OCH3 is 1. The number of rotatable bonds is 7. The lowest BCUT2D eigenvalue weighted by Crippen LogP contribution is -2.47. The van der Waals surface area contributed by atoms with Gasteiger partial charge in [0, 0.05) is 13.5 Å². The lowest BCUT2D eigenvalue weighted by Gasteiger charge is -2.21. The summed E-state index contributed by atoms with van der Waals surface area (Å²) in [4.78, 5) is 24.7. The van der Waals surface area contributed by atoms with Gasteiger partial charge in [-0.2, -0.15) is 0 Å². The minimum atomic E-state index is -0.829. The minimum Gasteiger partial charge on any atom is -0.368 e. The minimum absolute atomic E-state index is 0.313. The van der Waals surface area contributed by atoms with Crippen LogP contribution in [0.1, 0.15) is 17.2 Å². The third kappa shape index (κ3) is 4.33. The van der Waals surface area contributed by atoms with Crippen molar-refractivity contribution in [3.63, 3.8) is 0 Å². The Hall–Kier alpha value is -3.18. The predicted molar refractivity (Wildman–Crippen MR) is 105 cm³/mol. The summed E-state index contributed by atoms with van der Waals surface area (Å²) in [5.41, 5.74) is 7.23. The van der Waals surface area contributed by atoms with Crippen LogP contribution in [-0.4, -0.2) is 25.0 Å². The summed E-state index contributed by atoms with van der Waals surface area (Å²) >= 11 is 0. The van der Waals surface area contributed by atoms with Gasteiger partial charge in [-0.05, 0) is 21.9 Å². The highest BCUT2D eigenvalue weighted by Gasteiger charge is 2.25. The zero-order valence-corrected chi connectivity index (χ0v) is 15.1. The first kappa shape index (κ1) is 18.6. The van der Waals surface area contributed by atoms with Gasteiger partial charge in [-0.15, -0.1) is 0 Å². The van der Waals surface area contributed by atoms with Crippen LogP contribution in [0.25, 0.3) is 10.8 Å². The quantitative estimate of drug-likeness (QED) is 0.678. The Kier molecular flexibility index (Phi) is 5.84. The molecule has 0 saturated carbocycles. The second kappa shape index (κ2) is 8.47. The molecule has 2 atom stereocenters. The Labute approximate surface area is 158 Å². The Balaban J connectivity index is 1.81. The average molecular weight is 362 g/mol. The van der Waals surface area contributed by atoms with E-state index in [0.717, 1.165) is 16.3 Å². The topological polar surface area (TPSA) is 81.4 Å². The Bertz CT molecular complexity index is 935. The molecule has 0 saturated heterocycles. The van der Waals surface area contributed by atoms with Gasteiger partial charge < -0.3 is 15.8 Å². The van der Waals surface area contributed by atoms with Gasteiger partial charge >= 0.3 is 0 Å². The Morgan fingerprint density at radius 1 is 0.963 bits per heavy atom. The number of amides is 2. The van der Waals surface area contributed by atoms with Gasteiger partial charge in [0.1, 0.15) is 6.04 Å². The molecule has 138 valence electrons. The number of benzene rings is 3. The van der Waals surface area contributed by atoms with Gasteiger partial charge in [0.05, 0.1) is 0 Å². The van der Waals surface area contributed by atoms with Crippen molar-refractivity contribution in [2.75, 3.05) is 7.11 Å². The highest BCUT2D eigenvalue weighted by Crippen LogP contribution is 2.21. The summed E-state index contributed by atoms with van der Waals surface area (Å²) in [6.45, 7) is 0. The van der Waals surface area contributed by atoms with Crippen LogP contribution in [0, 0.1) is 0 Å². The van der Waals surface area contributed by atoms with Crippen molar-refractivity contribution in [2.24, 2.45) is 5.73 Å². The Morgan fingerprint density at radius 2 is 1.63 bits per heavy atom. The van der Waals surface area contributed by atoms with Crippen LogP contribution in [0.15, 0.2) is 72.8 Å². The SMILES string of the molecule is CO[C@@H](C(=O)N[C@H](Cc1cccc2ccccc12)C(N)=O)c1ccccc1. The predicted octanol–water partition coefficient (Wildman–Crippen LogP) is 2.74. The molecule has 3 rings (SSSR count). The van der Waals surface area contributed by atoms with Crippen molar-refractivity contribution in [1.82, 2.24) is 5.32 Å². The molecule has 0 aliphatic carbocycles. The maximum atomic E-state index is 12.7. The van der Waals surface area contributed by atoms with E-state index in [-0.39, 0.29) is 0 Å². The second-order valence-electron chi connectivity index (χ2n) is 6.33. The van der Waals surface area contributed by atoms with Gasteiger partial charge in [-0.3, -0.25) is 9.59 Å². The van der Waals surface area contributed by atoms with E-state index in [4.69, 9.17) is 10.5 Å². The third-order valence-electron chi connectivity index (χ3n) is 4.54. The van der Waals surface area contributed by atoms with Crippen molar-refractivity contribution >= 4 is 22.6 Å². The molecule has 0 aliphatic rings. The summed E-state index contributed by atoms with van der Waals surface area (Å²) in [5.74, 6) is -0.980. The molecule has 0 radical (unpaired) electrons. The lowest BCUT2D eigenvalue weighted by atomic mass is 9.98. The molecular formula is C22H22N2O3. The summed E-state index contributed by atoms with van der Waals surface area (Å²) in [6.07, 6.45) is -0.492. The average Bonchev–Trinajstić information content (AvgIpc) is 2.69. The number of nitrogens with two attached hydrogens (primary N) is 1. The van der Waals surface area contributed by atoms with Crippen molar-refractivity contribution in [3.05, 3.63) is 83.9 Å². The number of ether oxygens (including phenoxy) is 1. The smallest absolute Gasteiger partial charge is 0.254 e. The van der Waals surface area contributed by atoms with Crippen LogP contribution in [0.2, 0.25) is 0 Å². The zero-order valence-electron chi connectivity index (χ0n) is 15.1. The van der Waals surface area contributed by atoms with Crippen LogP contribution < -0.4 is 11.1 Å². The van der Waals surface area contributed by atoms with Crippen LogP contribution in [0.3, 0.4) is 0 Å². The van der Waals surface area contributed by atoms with E-state index in [1.807, 2.05) is 60.7 Å². The van der Waals surface area contributed by atoms with Crippen LogP contribution in [-0.2, 0) is 20.7 Å². The van der Waals surface area contributed by atoms with E-state index >= 15 is 0 Å². The maximum absolute atomic E-state index is 12.7. The van der Waals surface area contributed by atoms with E-state index in [1.54, 1.807) is 12.1 Å². The third-order valence-corrected chi connectivity index (χ3v) is 4.54. The number of primary amides is 1. The molecule has 0 heterocycles. The van der Waals surface area contributed by atoms with E-state index in [9.17, 15) is 9.59 Å². The van der Waals surface area contributed by atoms with Crippen molar-refractivity contribution in [2.45, 2.75) is 18.6 Å². The fourth-order valence-electron chi connectivity index (χ4n) is 3.18. The second-order valence-corrected chi connectivity index (χ2v) is 6.33. The molecule has 0 unspecified atom stereocenters. The first-order chi connectivity index (χ1) is 13.1. The molecule has 0 fully saturated rings. The number of hydrogen-bond donors (Lipinski definition) is 2. The molecule has 0 aliphatic heterocycles. The van der Waals surface area contributed by atoms with E-state index in [0.29, 0.717) is 12.0 Å². The monoisotopic (exact) mass is 362 g/mol. The molecule has 3 aromatic rings. The van der Waals surface area contributed by atoms with Crippen LogP contribution in [0.4, 0.5) is 0 Å². The van der Waals surface area contributed by atoms with Crippen LogP contribution >= 0.6 is 0 Å². The summed E-state index contributed by atoms with van der Waals surface area (Å²) in [5, 5.41) is 4.85. The highest BCUT2D eigenvalue weighted by atomic mass is 16.5. The van der Waals surface area contributed by atoms with E-state index < -0.39 is 24.0 Å². The molecular weight excluding hydrogens is 340 g/mol. The summed E-state index contributed by atoms with van der Waals surface area (Å²) in [6, 6.07) is 22.1. The van der Waals surface area contributed by atoms with Gasteiger partial charge in [0.25, 0.3) is 5.91 Å². The Morgan fingerprint density at radius 3 is 2.33 bits per heavy atom. The van der Waals surface area contributed by atoms with Gasteiger partial charge in [0.2, 0.25) is 5.91 Å². The fraction of sp³-hybridized carbons (Fsp3) is 0.182. The number of fused-ring (bicyclic) bond motifs is 1. The van der Waals surface area contributed by atoms with Crippen molar-refractivity contribution in [3.8, 4) is 0 Å². The van der Waals surface area contributed by atoms with Crippen LogP contribution in [0.5, 0.6) is 0 Å². The first-order valence-electron chi connectivity index (χ1n) is 8.74. The molecule has 0 aromatic heterocycles. The van der Waals surface area contributed by atoms with E-state index in [2.05, 4.69) is 5.32 Å². The molecule has 27 heavy (non-hydrogen) atoms. The van der Waals surface area contributed by atoms with Gasteiger partial charge in [0.15, 0.2) is 6.10 Å². The number of nitrogens with one attached hydrogen (secondary N) is 1. The number of carbonyl (C=O) groups is 2. The van der Waals surface area contributed by atoms with Crippen molar-refractivity contribution in [1.29, 1.82) is 0 Å². The molecule has 3 aromatic carbocycles. The standard InChI is InChI=1S/C22H22N2O3/c1-27-20(16-9-3-2-4-10-16)22(26)24-19(21(23)25)14-17-12-7-11-15-8-5-6-13-18(15)17/h2-13,19-20H,14H2,1H3,(H2,23,25)(H,24,26)/t19-,20-/m1/s1. The summed E-state index contributed by atoms with van der Waals surface area (Å²) in [7, 11) is 1.46. The zero-order chi connectivity index (χ0) is 19.2. The lowest BCUT2D eigenvalue weighted by molar-refractivity contribution is -0.134. The molecule has 0 spiro atoms. The van der Waals surface area contributed by atoms with Crippen molar-refractivity contribution < 1.29 is 14.3 Å². The molecule has 5 nitrogen and oxygen atoms in total. The largest absolute Gasteiger partial charge is 0.368 e. The van der Waals surface area contributed by atoms with E-state index in [1.165, 1.54) is 7.11 Å². The fourth-order valence-corrected chi connectivity index (χ4v) is 3.18. The van der Waals surface area contributed by atoms with Gasteiger partial charge in [-0.25, -0.2) is 0 Å². The highest BCUT2D eigenvalue weighted by molar-refractivity contribution is 5.91. The number of carbonyl (C=O) groups excluding carboxylic acids is 2.